The predicted octanol–water partition coefficient (Wildman–Crippen LogP) is 4.82. The average Bonchev–Trinajstić information content (AvgIpc) is 2.96. The van der Waals surface area contributed by atoms with Crippen molar-refractivity contribution in [1.29, 1.82) is 0 Å². The van der Waals surface area contributed by atoms with Crippen molar-refractivity contribution < 1.29 is 0 Å². The number of anilines is 2. The van der Waals surface area contributed by atoms with Crippen LogP contribution >= 0.6 is 11.3 Å². The van der Waals surface area contributed by atoms with Crippen LogP contribution in [0.3, 0.4) is 0 Å². The molecule has 1 aromatic carbocycles. The molecule has 0 aliphatic carbocycles. The second-order valence-electron chi connectivity index (χ2n) is 5.96. The SMILES string of the molecule is Cc1cc(C)nc(Nc2nc(-c3ccccc3)nc3scc(C)c23)n1. The molecule has 0 fully saturated rings. The van der Waals surface area contributed by atoms with Crippen molar-refractivity contribution in [3.63, 3.8) is 0 Å². The minimum Gasteiger partial charge on any atom is -0.308 e. The van der Waals surface area contributed by atoms with Gasteiger partial charge in [-0.3, -0.25) is 0 Å². The van der Waals surface area contributed by atoms with Crippen molar-refractivity contribution in [3.05, 3.63) is 58.7 Å². The van der Waals surface area contributed by atoms with Gasteiger partial charge in [-0.15, -0.1) is 11.3 Å². The summed E-state index contributed by atoms with van der Waals surface area (Å²) in [4.78, 5) is 19.4. The molecule has 0 saturated carbocycles. The lowest BCUT2D eigenvalue weighted by molar-refractivity contribution is 1.05. The minimum absolute atomic E-state index is 0.558. The number of aryl methyl sites for hydroxylation is 3. The minimum atomic E-state index is 0.558. The number of benzene rings is 1. The molecule has 0 saturated heterocycles. The summed E-state index contributed by atoms with van der Waals surface area (Å²) in [5.74, 6) is 2.00. The summed E-state index contributed by atoms with van der Waals surface area (Å²) in [6.07, 6.45) is 0. The zero-order chi connectivity index (χ0) is 17.4. The zero-order valence-corrected chi connectivity index (χ0v) is 15.1. The van der Waals surface area contributed by atoms with E-state index in [9.17, 15) is 0 Å². The van der Waals surface area contributed by atoms with Crippen LogP contribution in [0.4, 0.5) is 11.8 Å². The van der Waals surface area contributed by atoms with Crippen LogP contribution in [0.5, 0.6) is 0 Å². The summed E-state index contributed by atoms with van der Waals surface area (Å²) < 4.78 is 0. The third kappa shape index (κ3) is 3.08. The van der Waals surface area contributed by atoms with E-state index in [0.717, 1.165) is 38.5 Å². The Labute approximate surface area is 149 Å². The Bertz CT molecular complexity index is 1040. The molecule has 0 amide bonds. The van der Waals surface area contributed by atoms with Gasteiger partial charge in [0.25, 0.3) is 0 Å². The van der Waals surface area contributed by atoms with Gasteiger partial charge in [0.2, 0.25) is 5.95 Å². The fourth-order valence-electron chi connectivity index (χ4n) is 2.78. The Morgan fingerprint density at radius 3 is 2.32 bits per heavy atom. The number of thiophene rings is 1. The van der Waals surface area contributed by atoms with Crippen LogP contribution < -0.4 is 5.32 Å². The van der Waals surface area contributed by atoms with Gasteiger partial charge >= 0.3 is 0 Å². The van der Waals surface area contributed by atoms with Gasteiger partial charge < -0.3 is 5.32 Å². The Kier molecular flexibility index (Phi) is 3.89. The van der Waals surface area contributed by atoms with Crippen LogP contribution in [-0.2, 0) is 0 Å². The molecule has 0 spiro atoms. The van der Waals surface area contributed by atoms with Crippen molar-refractivity contribution in [2.75, 3.05) is 5.32 Å². The number of rotatable bonds is 3. The van der Waals surface area contributed by atoms with Crippen molar-refractivity contribution in [3.8, 4) is 11.4 Å². The fourth-order valence-corrected chi connectivity index (χ4v) is 3.70. The number of nitrogens with one attached hydrogen (secondary N) is 1. The highest BCUT2D eigenvalue weighted by Gasteiger charge is 2.14. The highest BCUT2D eigenvalue weighted by Crippen LogP contribution is 2.32. The van der Waals surface area contributed by atoms with E-state index in [1.165, 1.54) is 0 Å². The quantitative estimate of drug-likeness (QED) is 0.576. The average molecular weight is 347 g/mol. The molecule has 1 N–H and O–H groups in total. The van der Waals surface area contributed by atoms with Crippen molar-refractivity contribution in [1.82, 2.24) is 19.9 Å². The molecule has 0 atom stereocenters. The van der Waals surface area contributed by atoms with Crippen molar-refractivity contribution in [2.45, 2.75) is 20.8 Å². The van der Waals surface area contributed by atoms with Crippen LogP contribution in [0.25, 0.3) is 21.6 Å². The largest absolute Gasteiger partial charge is 0.308 e. The standard InChI is InChI=1S/C19H17N5S/c1-11-10-25-18-15(11)17(24-19-20-12(2)9-13(3)21-19)22-16(23-18)14-7-5-4-6-8-14/h4-10H,1-3H3,(H,20,21,22,23,24). The van der Waals surface area contributed by atoms with E-state index in [4.69, 9.17) is 9.97 Å². The summed E-state index contributed by atoms with van der Waals surface area (Å²) in [5.41, 5.74) is 3.97. The lowest BCUT2D eigenvalue weighted by Crippen LogP contribution is -2.03. The van der Waals surface area contributed by atoms with E-state index in [1.807, 2.05) is 50.2 Å². The van der Waals surface area contributed by atoms with E-state index < -0.39 is 0 Å². The van der Waals surface area contributed by atoms with E-state index in [1.54, 1.807) is 11.3 Å². The number of fused-ring (bicyclic) bond motifs is 1. The van der Waals surface area contributed by atoms with E-state index in [-0.39, 0.29) is 0 Å². The first-order chi connectivity index (χ1) is 12.1. The van der Waals surface area contributed by atoms with Crippen LogP contribution in [0, 0.1) is 20.8 Å². The molecule has 25 heavy (non-hydrogen) atoms. The molecule has 3 heterocycles. The van der Waals surface area contributed by atoms with Crippen LogP contribution in [0.2, 0.25) is 0 Å². The van der Waals surface area contributed by atoms with Crippen LogP contribution in [-0.4, -0.2) is 19.9 Å². The molecule has 6 heteroatoms. The maximum absolute atomic E-state index is 4.76. The van der Waals surface area contributed by atoms with E-state index in [0.29, 0.717) is 11.8 Å². The smallest absolute Gasteiger partial charge is 0.228 e. The number of hydrogen-bond donors (Lipinski definition) is 1. The zero-order valence-electron chi connectivity index (χ0n) is 14.2. The predicted molar refractivity (Wildman–Crippen MR) is 102 cm³/mol. The molecule has 0 unspecified atom stereocenters. The third-order valence-corrected chi connectivity index (χ3v) is 4.85. The highest BCUT2D eigenvalue weighted by molar-refractivity contribution is 7.17. The monoisotopic (exact) mass is 347 g/mol. The van der Waals surface area contributed by atoms with Gasteiger partial charge in [0.05, 0.1) is 5.39 Å². The maximum atomic E-state index is 4.76. The van der Waals surface area contributed by atoms with Crippen molar-refractivity contribution >= 4 is 33.3 Å². The molecular formula is C19H17N5S. The highest BCUT2D eigenvalue weighted by atomic mass is 32.1. The Morgan fingerprint density at radius 1 is 0.880 bits per heavy atom. The summed E-state index contributed by atoms with van der Waals surface area (Å²) in [5, 5.41) is 6.42. The second-order valence-corrected chi connectivity index (χ2v) is 6.82. The van der Waals surface area contributed by atoms with Gasteiger partial charge in [0, 0.05) is 17.0 Å². The molecule has 3 aromatic heterocycles. The lowest BCUT2D eigenvalue weighted by atomic mass is 10.2. The number of aromatic nitrogens is 4. The second kappa shape index (κ2) is 6.22. The summed E-state index contributed by atoms with van der Waals surface area (Å²) in [6, 6.07) is 11.9. The van der Waals surface area contributed by atoms with E-state index >= 15 is 0 Å². The first-order valence-electron chi connectivity index (χ1n) is 8.01. The molecule has 0 bridgehead atoms. The summed E-state index contributed by atoms with van der Waals surface area (Å²) in [6.45, 7) is 5.99. The number of nitrogens with zero attached hydrogens (tertiary/aromatic N) is 4. The van der Waals surface area contributed by atoms with Crippen LogP contribution in [0.1, 0.15) is 17.0 Å². The van der Waals surface area contributed by atoms with Gasteiger partial charge in [0.15, 0.2) is 5.82 Å². The topological polar surface area (TPSA) is 63.6 Å². The normalized spacial score (nSPS) is 11.0. The Morgan fingerprint density at radius 2 is 1.60 bits per heavy atom. The molecule has 0 aliphatic heterocycles. The Hall–Kier alpha value is -2.86. The van der Waals surface area contributed by atoms with Gasteiger partial charge in [-0.1, -0.05) is 30.3 Å². The first kappa shape index (κ1) is 15.7. The number of hydrogen-bond acceptors (Lipinski definition) is 6. The van der Waals surface area contributed by atoms with Crippen molar-refractivity contribution in [2.24, 2.45) is 0 Å². The van der Waals surface area contributed by atoms with Gasteiger partial charge in [-0.25, -0.2) is 19.9 Å². The first-order valence-corrected chi connectivity index (χ1v) is 8.89. The third-order valence-electron chi connectivity index (χ3n) is 3.86. The molecular weight excluding hydrogens is 330 g/mol. The summed E-state index contributed by atoms with van der Waals surface area (Å²) >= 11 is 1.62. The van der Waals surface area contributed by atoms with E-state index in [2.05, 4.69) is 27.6 Å². The van der Waals surface area contributed by atoms with Gasteiger partial charge in [-0.2, -0.15) is 0 Å². The van der Waals surface area contributed by atoms with Gasteiger partial charge in [0.1, 0.15) is 10.6 Å². The molecule has 0 radical (unpaired) electrons. The van der Waals surface area contributed by atoms with Crippen LogP contribution in [0.15, 0.2) is 41.8 Å². The molecule has 124 valence electrons. The maximum Gasteiger partial charge on any atom is 0.228 e. The summed E-state index contributed by atoms with van der Waals surface area (Å²) in [7, 11) is 0. The molecule has 4 aromatic rings. The molecule has 4 rings (SSSR count). The molecule has 5 nitrogen and oxygen atoms in total. The fraction of sp³-hybridized carbons (Fsp3) is 0.158. The lowest BCUT2D eigenvalue weighted by Gasteiger charge is -2.10. The van der Waals surface area contributed by atoms with Gasteiger partial charge in [-0.05, 0) is 37.8 Å². The molecule has 0 aliphatic rings. The Balaban J connectivity index is 1.87.